The van der Waals surface area contributed by atoms with Crippen molar-refractivity contribution in [1.82, 2.24) is 15.3 Å². The molecule has 1 aromatic rings. The van der Waals surface area contributed by atoms with Crippen LogP contribution in [-0.4, -0.2) is 38.4 Å². The number of unbranched alkanes of at least 4 members (excludes halogenated alkanes) is 1. The van der Waals surface area contributed by atoms with Gasteiger partial charge in [0.15, 0.2) is 5.16 Å². The molecule has 0 aliphatic rings. The van der Waals surface area contributed by atoms with Crippen LogP contribution in [0.2, 0.25) is 0 Å². The highest BCUT2D eigenvalue weighted by Crippen LogP contribution is 2.19. The fourth-order valence-electron chi connectivity index (χ4n) is 1.98. The van der Waals surface area contributed by atoms with Gasteiger partial charge in [-0.1, -0.05) is 18.2 Å². The van der Waals surface area contributed by atoms with E-state index in [-0.39, 0.29) is 6.04 Å². The topological polar surface area (TPSA) is 75.1 Å². The Kier molecular flexibility index (Phi) is 6.95. The van der Waals surface area contributed by atoms with E-state index in [2.05, 4.69) is 15.3 Å². The van der Waals surface area contributed by atoms with Crippen molar-refractivity contribution in [3.63, 3.8) is 0 Å². The molecule has 0 aliphatic carbocycles. The second kappa shape index (κ2) is 8.21. The van der Waals surface area contributed by atoms with Crippen LogP contribution in [0, 0.1) is 0 Å². The summed E-state index contributed by atoms with van der Waals surface area (Å²) in [6, 6.07) is 1.95. The predicted octanol–water partition coefficient (Wildman–Crippen LogP) is 2.58. The second-order valence-electron chi connectivity index (χ2n) is 5.27. The first-order valence-electron chi connectivity index (χ1n) is 6.85. The minimum atomic E-state index is -0.845. The van der Waals surface area contributed by atoms with Crippen molar-refractivity contribution >= 4 is 17.7 Å². The van der Waals surface area contributed by atoms with Crippen LogP contribution < -0.4 is 5.32 Å². The van der Waals surface area contributed by atoms with E-state index in [4.69, 9.17) is 0 Å². The molecule has 1 unspecified atom stereocenters. The summed E-state index contributed by atoms with van der Waals surface area (Å²) in [5.41, 5.74) is -0.845. The molecular weight excluding hydrogens is 274 g/mol. The Labute approximate surface area is 124 Å². The molecule has 112 valence electrons. The lowest BCUT2D eigenvalue weighted by Crippen LogP contribution is -2.52. The summed E-state index contributed by atoms with van der Waals surface area (Å²) in [6.45, 7) is 5.68. The third kappa shape index (κ3) is 5.88. The summed E-state index contributed by atoms with van der Waals surface area (Å²) in [4.78, 5) is 19.6. The maximum absolute atomic E-state index is 11.4. The molecule has 0 fully saturated rings. The predicted molar refractivity (Wildman–Crippen MR) is 80.9 cm³/mol. The number of rotatable bonds is 9. The molecule has 0 saturated heterocycles. The lowest BCUT2D eigenvalue weighted by Gasteiger charge is -2.28. The lowest BCUT2D eigenvalue weighted by atomic mass is 9.94. The molecule has 1 atom stereocenters. The maximum atomic E-state index is 11.4. The molecular formula is C14H23N3O2S. The number of aliphatic carboxylic acids is 1. The van der Waals surface area contributed by atoms with Crippen molar-refractivity contribution in [2.24, 2.45) is 0 Å². The summed E-state index contributed by atoms with van der Waals surface area (Å²) < 4.78 is 0. The number of carboxylic acids is 1. The van der Waals surface area contributed by atoms with Crippen molar-refractivity contribution < 1.29 is 9.90 Å². The van der Waals surface area contributed by atoms with Gasteiger partial charge >= 0.3 is 5.97 Å². The molecule has 5 nitrogen and oxygen atoms in total. The van der Waals surface area contributed by atoms with Crippen molar-refractivity contribution in [3.05, 3.63) is 18.5 Å². The van der Waals surface area contributed by atoms with E-state index in [1.807, 2.05) is 13.8 Å². The van der Waals surface area contributed by atoms with Gasteiger partial charge in [-0.2, -0.15) is 0 Å². The number of carbonyl (C=O) groups is 1. The van der Waals surface area contributed by atoms with Crippen LogP contribution in [0.15, 0.2) is 23.6 Å². The number of hydrogen-bond acceptors (Lipinski definition) is 5. The summed E-state index contributed by atoms with van der Waals surface area (Å²) in [5, 5.41) is 13.2. The van der Waals surface area contributed by atoms with Crippen LogP contribution in [0.25, 0.3) is 0 Å². The normalized spacial score (nSPS) is 14.2. The molecule has 1 aromatic heterocycles. The van der Waals surface area contributed by atoms with E-state index in [9.17, 15) is 9.90 Å². The third-order valence-corrected chi connectivity index (χ3v) is 3.89. The molecule has 6 heteroatoms. The molecule has 0 radical (unpaired) electrons. The Morgan fingerprint density at radius 2 is 2.05 bits per heavy atom. The van der Waals surface area contributed by atoms with Crippen LogP contribution in [0.5, 0.6) is 0 Å². The minimum Gasteiger partial charge on any atom is -0.480 e. The van der Waals surface area contributed by atoms with E-state index in [1.54, 1.807) is 37.1 Å². The Balaban J connectivity index is 2.29. The van der Waals surface area contributed by atoms with Crippen LogP contribution in [-0.2, 0) is 4.79 Å². The SMILES string of the molecule is CC(C)NC(C)(CCCCSc1ncccn1)C(=O)O. The van der Waals surface area contributed by atoms with Gasteiger partial charge in [-0.05, 0) is 39.7 Å². The zero-order valence-electron chi connectivity index (χ0n) is 12.3. The monoisotopic (exact) mass is 297 g/mol. The first kappa shape index (κ1) is 16.9. The van der Waals surface area contributed by atoms with Crippen LogP contribution in [0.3, 0.4) is 0 Å². The summed E-state index contributed by atoms with van der Waals surface area (Å²) in [5.74, 6) is 0.117. The van der Waals surface area contributed by atoms with Gasteiger partial charge in [0.25, 0.3) is 0 Å². The number of nitrogens with one attached hydrogen (secondary N) is 1. The molecule has 0 amide bonds. The molecule has 0 bridgehead atoms. The van der Waals surface area contributed by atoms with Crippen LogP contribution in [0.4, 0.5) is 0 Å². The molecule has 2 N–H and O–H groups in total. The average Bonchev–Trinajstić information content (AvgIpc) is 2.38. The van der Waals surface area contributed by atoms with Gasteiger partial charge in [0.2, 0.25) is 0 Å². The van der Waals surface area contributed by atoms with Gasteiger partial charge in [-0.25, -0.2) is 9.97 Å². The van der Waals surface area contributed by atoms with Crippen molar-refractivity contribution in [2.75, 3.05) is 5.75 Å². The maximum Gasteiger partial charge on any atom is 0.323 e. The van der Waals surface area contributed by atoms with Gasteiger partial charge < -0.3 is 5.11 Å². The Bertz CT molecular complexity index is 414. The van der Waals surface area contributed by atoms with E-state index >= 15 is 0 Å². The van der Waals surface area contributed by atoms with E-state index in [0.29, 0.717) is 6.42 Å². The zero-order chi connectivity index (χ0) is 15.0. The highest BCUT2D eigenvalue weighted by atomic mass is 32.2. The third-order valence-electron chi connectivity index (χ3n) is 2.92. The van der Waals surface area contributed by atoms with Gasteiger partial charge in [0, 0.05) is 24.2 Å². The van der Waals surface area contributed by atoms with Crippen LogP contribution in [0.1, 0.15) is 40.0 Å². The first-order chi connectivity index (χ1) is 9.44. The van der Waals surface area contributed by atoms with E-state index < -0.39 is 11.5 Å². The van der Waals surface area contributed by atoms with Gasteiger partial charge in [0.05, 0.1) is 0 Å². The fraction of sp³-hybridized carbons (Fsp3) is 0.643. The second-order valence-corrected chi connectivity index (χ2v) is 6.34. The van der Waals surface area contributed by atoms with Gasteiger partial charge in [-0.15, -0.1) is 0 Å². The smallest absolute Gasteiger partial charge is 0.323 e. The molecule has 0 aliphatic heterocycles. The average molecular weight is 297 g/mol. The number of carboxylic acid groups (broad SMARTS) is 1. The minimum absolute atomic E-state index is 0.156. The zero-order valence-corrected chi connectivity index (χ0v) is 13.1. The largest absolute Gasteiger partial charge is 0.480 e. The first-order valence-corrected chi connectivity index (χ1v) is 7.83. The van der Waals surface area contributed by atoms with Crippen LogP contribution >= 0.6 is 11.8 Å². The van der Waals surface area contributed by atoms with Crippen molar-refractivity contribution in [1.29, 1.82) is 0 Å². The highest BCUT2D eigenvalue weighted by Gasteiger charge is 2.32. The Morgan fingerprint density at radius 1 is 1.40 bits per heavy atom. The Hall–Kier alpha value is -1.14. The van der Waals surface area contributed by atoms with E-state index in [0.717, 1.165) is 23.8 Å². The quantitative estimate of drug-likeness (QED) is 0.414. The van der Waals surface area contributed by atoms with Crippen molar-refractivity contribution in [2.45, 2.75) is 56.8 Å². The number of thioether (sulfide) groups is 1. The molecule has 0 spiro atoms. The van der Waals surface area contributed by atoms with E-state index in [1.165, 1.54) is 0 Å². The fourth-order valence-corrected chi connectivity index (χ4v) is 2.78. The molecule has 0 aromatic carbocycles. The lowest BCUT2D eigenvalue weighted by molar-refractivity contribution is -0.144. The molecule has 1 rings (SSSR count). The van der Waals surface area contributed by atoms with Gasteiger partial charge in [0.1, 0.15) is 5.54 Å². The summed E-state index contributed by atoms with van der Waals surface area (Å²) in [6.07, 6.45) is 5.89. The van der Waals surface area contributed by atoms with Gasteiger partial charge in [-0.3, -0.25) is 10.1 Å². The number of aromatic nitrogens is 2. The molecule has 0 saturated carbocycles. The summed E-state index contributed by atoms with van der Waals surface area (Å²) in [7, 11) is 0. The highest BCUT2D eigenvalue weighted by molar-refractivity contribution is 7.99. The Morgan fingerprint density at radius 3 is 2.60 bits per heavy atom. The molecule has 1 heterocycles. The standard InChI is InChI=1S/C14H23N3O2S/c1-11(2)17-14(3,12(18)19)7-4-5-10-20-13-15-8-6-9-16-13/h6,8-9,11,17H,4-5,7,10H2,1-3H3,(H,18,19). The van der Waals surface area contributed by atoms with Crippen molar-refractivity contribution in [3.8, 4) is 0 Å². The number of nitrogens with zero attached hydrogens (tertiary/aromatic N) is 2. The number of hydrogen-bond donors (Lipinski definition) is 2. The molecule has 20 heavy (non-hydrogen) atoms. The summed E-state index contributed by atoms with van der Waals surface area (Å²) >= 11 is 1.60.